The molecule has 0 amide bonds. The van der Waals surface area contributed by atoms with Crippen molar-refractivity contribution in [2.75, 3.05) is 18.1 Å². The summed E-state index contributed by atoms with van der Waals surface area (Å²) in [7, 11) is -3.29. The van der Waals surface area contributed by atoms with Gasteiger partial charge in [0, 0.05) is 17.8 Å². The van der Waals surface area contributed by atoms with E-state index in [9.17, 15) is 8.42 Å². The molecule has 19 heavy (non-hydrogen) atoms. The van der Waals surface area contributed by atoms with Crippen LogP contribution in [0, 0.1) is 18.3 Å². The number of hydrogen-bond acceptors (Lipinski definition) is 6. The molecular weight excluding hydrogens is 266 g/mol. The summed E-state index contributed by atoms with van der Waals surface area (Å²) in [5.41, 5.74) is 0.250. The molecule has 0 aliphatic heterocycles. The molecule has 1 heterocycles. The lowest BCUT2D eigenvalue weighted by molar-refractivity contribution is 0.475. The second-order valence-electron chi connectivity index (χ2n) is 4.94. The Balaban J connectivity index is 2.77. The summed E-state index contributed by atoms with van der Waals surface area (Å²) in [6.07, 6.45) is 1.10. The first kappa shape index (κ1) is 15.3. The van der Waals surface area contributed by atoms with Crippen molar-refractivity contribution < 1.29 is 8.42 Å². The van der Waals surface area contributed by atoms with Gasteiger partial charge in [0.1, 0.15) is 11.8 Å². The normalized spacial score (nSPS) is 11.9. The Hall–Kier alpha value is -1.72. The average molecular weight is 283 g/mol. The van der Waals surface area contributed by atoms with Crippen LogP contribution in [0.3, 0.4) is 0 Å². The summed E-state index contributed by atoms with van der Waals surface area (Å²) in [5.74, 6) is 0.305. The van der Waals surface area contributed by atoms with Gasteiger partial charge >= 0.3 is 0 Å². The Bertz CT molecular complexity index is 604. The van der Waals surface area contributed by atoms with Crippen LogP contribution in [0.5, 0.6) is 0 Å². The third kappa shape index (κ3) is 5.63. The van der Waals surface area contributed by atoms with Gasteiger partial charge < -0.3 is 5.32 Å². The summed E-state index contributed by atoms with van der Waals surface area (Å²) in [4.78, 5) is 8.12. The number of rotatable bonds is 5. The predicted molar refractivity (Wildman–Crippen MR) is 72.0 cm³/mol. The Morgan fingerprint density at radius 3 is 2.58 bits per heavy atom. The monoisotopic (exact) mass is 283 g/mol. The van der Waals surface area contributed by atoms with Crippen LogP contribution in [0.1, 0.15) is 25.2 Å². The first-order valence-corrected chi connectivity index (χ1v) is 7.49. The molecule has 0 saturated carbocycles. The molecule has 1 aromatic rings. The topological polar surface area (TPSA) is 108 Å². The Kier molecular flexibility index (Phi) is 4.44. The number of aromatic nitrogens is 2. The van der Waals surface area contributed by atoms with Gasteiger partial charge in [-0.25, -0.2) is 23.1 Å². The maximum absolute atomic E-state index is 11.2. The van der Waals surface area contributed by atoms with Crippen LogP contribution < -0.4 is 10.0 Å². The van der Waals surface area contributed by atoms with Gasteiger partial charge in [-0.1, -0.05) is 0 Å². The van der Waals surface area contributed by atoms with E-state index in [1.807, 2.05) is 6.07 Å². The fourth-order valence-electron chi connectivity index (χ4n) is 1.54. The molecule has 104 valence electrons. The van der Waals surface area contributed by atoms with E-state index in [2.05, 4.69) is 20.0 Å². The smallest absolute Gasteiger partial charge is 0.224 e. The Morgan fingerprint density at radius 1 is 1.42 bits per heavy atom. The quantitative estimate of drug-likeness (QED) is 0.809. The maximum atomic E-state index is 11.2. The molecule has 2 N–H and O–H groups in total. The molecule has 1 rings (SSSR count). The molecular formula is C11H17N5O2S. The van der Waals surface area contributed by atoms with Crippen molar-refractivity contribution in [3.8, 4) is 6.07 Å². The van der Waals surface area contributed by atoms with Gasteiger partial charge in [0.25, 0.3) is 0 Å². The van der Waals surface area contributed by atoms with Crippen molar-refractivity contribution in [1.82, 2.24) is 14.7 Å². The third-order valence-corrected chi connectivity index (χ3v) is 3.04. The van der Waals surface area contributed by atoms with E-state index < -0.39 is 15.6 Å². The van der Waals surface area contributed by atoms with Gasteiger partial charge in [-0.3, -0.25) is 0 Å². The summed E-state index contributed by atoms with van der Waals surface area (Å²) in [6.45, 7) is 5.53. The van der Waals surface area contributed by atoms with Crippen molar-refractivity contribution >= 4 is 16.0 Å². The van der Waals surface area contributed by atoms with Crippen LogP contribution in [-0.4, -0.2) is 36.7 Å². The van der Waals surface area contributed by atoms with E-state index in [1.54, 1.807) is 26.8 Å². The number of nitrogens with one attached hydrogen (secondary N) is 2. The van der Waals surface area contributed by atoms with Gasteiger partial charge in [0.05, 0.1) is 6.26 Å². The second kappa shape index (κ2) is 5.50. The van der Waals surface area contributed by atoms with Crippen LogP contribution in [-0.2, 0) is 10.0 Å². The van der Waals surface area contributed by atoms with Crippen molar-refractivity contribution in [3.05, 3.63) is 17.5 Å². The first-order chi connectivity index (χ1) is 8.61. The van der Waals surface area contributed by atoms with E-state index in [1.165, 1.54) is 0 Å². The lowest BCUT2D eigenvalue weighted by Crippen LogP contribution is -2.48. The van der Waals surface area contributed by atoms with Crippen LogP contribution >= 0.6 is 0 Å². The molecule has 1 aromatic heterocycles. The van der Waals surface area contributed by atoms with Gasteiger partial charge in [0.15, 0.2) is 0 Å². The predicted octanol–water partition coefficient (Wildman–Crippen LogP) is 0.396. The maximum Gasteiger partial charge on any atom is 0.224 e. The summed E-state index contributed by atoms with van der Waals surface area (Å²) in [5, 5.41) is 11.7. The highest BCUT2D eigenvalue weighted by Crippen LogP contribution is 2.08. The number of sulfonamides is 1. The van der Waals surface area contributed by atoms with Crippen molar-refractivity contribution in [3.63, 3.8) is 0 Å². The SMILES string of the molecule is Cc1cc(C#N)nc(NCC(C)(C)NS(C)(=O)=O)n1. The summed E-state index contributed by atoms with van der Waals surface area (Å²) in [6, 6.07) is 3.52. The standard InChI is InChI=1S/C11H17N5O2S/c1-8-5-9(6-12)15-10(14-8)13-7-11(2,3)16-19(4,17)18/h5,16H,7H2,1-4H3,(H,13,14,15). The molecule has 0 unspecified atom stereocenters. The minimum absolute atomic E-state index is 0.267. The lowest BCUT2D eigenvalue weighted by atomic mass is 10.1. The number of anilines is 1. The van der Waals surface area contributed by atoms with Gasteiger partial charge in [-0.05, 0) is 26.8 Å². The number of hydrogen-bond donors (Lipinski definition) is 2. The Morgan fingerprint density at radius 2 is 2.05 bits per heavy atom. The second-order valence-corrected chi connectivity index (χ2v) is 6.69. The Labute approximate surface area is 113 Å². The highest BCUT2D eigenvalue weighted by Gasteiger charge is 2.22. The molecule has 0 saturated heterocycles. The first-order valence-electron chi connectivity index (χ1n) is 5.60. The molecule has 0 spiro atoms. The van der Waals surface area contributed by atoms with E-state index in [-0.39, 0.29) is 5.69 Å². The minimum Gasteiger partial charge on any atom is -0.352 e. The molecule has 0 bridgehead atoms. The zero-order valence-electron chi connectivity index (χ0n) is 11.4. The molecule has 0 aliphatic rings. The fraction of sp³-hybridized carbons (Fsp3) is 0.545. The van der Waals surface area contributed by atoms with Gasteiger partial charge in [0.2, 0.25) is 16.0 Å². The van der Waals surface area contributed by atoms with Gasteiger partial charge in [-0.15, -0.1) is 0 Å². The molecule has 0 atom stereocenters. The zero-order chi connectivity index (χ0) is 14.7. The van der Waals surface area contributed by atoms with Crippen LogP contribution in [0.4, 0.5) is 5.95 Å². The fourth-order valence-corrected chi connectivity index (χ4v) is 2.62. The number of aryl methyl sites for hydroxylation is 1. The number of nitrogens with zero attached hydrogens (tertiary/aromatic N) is 3. The molecule has 0 aromatic carbocycles. The highest BCUT2D eigenvalue weighted by molar-refractivity contribution is 7.88. The lowest BCUT2D eigenvalue weighted by Gasteiger charge is -2.25. The van der Waals surface area contributed by atoms with Crippen LogP contribution in [0.2, 0.25) is 0 Å². The third-order valence-electron chi connectivity index (χ3n) is 2.12. The molecule has 0 fully saturated rings. The highest BCUT2D eigenvalue weighted by atomic mass is 32.2. The van der Waals surface area contributed by atoms with Gasteiger partial charge in [-0.2, -0.15) is 5.26 Å². The molecule has 0 radical (unpaired) electrons. The molecule has 0 aliphatic carbocycles. The molecule has 8 heteroatoms. The van der Waals surface area contributed by atoms with Crippen molar-refractivity contribution in [2.45, 2.75) is 26.3 Å². The average Bonchev–Trinajstić information content (AvgIpc) is 2.22. The zero-order valence-corrected chi connectivity index (χ0v) is 12.2. The van der Waals surface area contributed by atoms with E-state index in [0.717, 1.165) is 6.26 Å². The van der Waals surface area contributed by atoms with E-state index in [0.29, 0.717) is 18.2 Å². The van der Waals surface area contributed by atoms with Crippen LogP contribution in [0.25, 0.3) is 0 Å². The molecule has 7 nitrogen and oxygen atoms in total. The van der Waals surface area contributed by atoms with Crippen LogP contribution in [0.15, 0.2) is 6.07 Å². The minimum atomic E-state index is -3.29. The van der Waals surface area contributed by atoms with Crippen molar-refractivity contribution in [2.24, 2.45) is 0 Å². The van der Waals surface area contributed by atoms with Crippen molar-refractivity contribution in [1.29, 1.82) is 5.26 Å². The summed E-state index contributed by atoms with van der Waals surface area (Å²) < 4.78 is 24.9. The largest absolute Gasteiger partial charge is 0.352 e. The summed E-state index contributed by atoms with van der Waals surface area (Å²) >= 11 is 0. The van der Waals surface area contributed by atoms with E-state index in [4.69, 9.17) is 5.26 Å². The van der Waals surface area contributed by atoms with E-state index >= 15 is 0 Å². The number of nitriles is 1.